The maximum absolute atomic E-state index is 12.7. The average Bonchev–Trinajstić information content (AvgIpc) is 3.21. The van der Waals surface area contributed by atoms with Crippen LogP contribution in [0.15, 0.2) is 78.2 Å². The molecule has 25 heavy (non-hydrogen) atoms. The van der Waals surface area contributed by atoms with Gasteiger partial charge in [-0.3, -0.25) is 4.79 Å². The van der Waals surface area contributed by atoms with E-state index in [9.17, 15) is 4.79 Å². The first-order valence-electron chi connectivity index (χ1n) is 8.50. The molecule has 4 nitrogen and oxygen atoms in total. The number of hydrogen-bond donors (Lipinski definition) is 1. The van der Waals surface area contributed by atoms with Gasteiger partial charge in [0.05, 0.1) is 17.0 Å². The first kappa shape index (κ1) is 15.4. The first-order chi connectivity index (χ1) is 12.3. The number of carbonyl (C=O) groups is 1. The Hall–Kier alpha value is -3.14. The van der Waals surface area contributed by atoms with Crippen molar-refractivity contribution in [1.29, 1.82) is 0 Å². The second-order valence-electron chi connectivity index (χ2n) is 6.12. The van der Waals surface area contributed by atoms with Crippen LogP contribution in [0.5, 0.6) is 0 Å². The lowest BCUT2D eigenvalue weighted by molar-refractivity contribution is 0.0954. The van der Waals surface area contributed by atoms with Gasteiger partial charge in [-0.25, -0.2) is 5.43 Å². The zero-order valence-electron chi connectivity index (χ0n) is 13.9. The van der Waals surface area contributed by atoms with E-state index in [-0.39, 0.29) is 5.91 Å². The molecule has 0 aliphatic heterocycles. The van der Waals surface area contributed by atoms with E-state index in [2.05, 4.69) is 22.7 Å². The number of rotatable bonds is 3. The molecular weight excluding hydrogens is 310 g/mol. The van der Waals surface area contributed by atoms with Crippen molar-refractivity contribution in [2.45, 2.75) is 19.3 Å². The highest BCUT2D eigenvalue weighted by atomic mass is 16.2. The Labute approximate surface area is 146 Å². The molecule has 0 saturated carbocycles. The minimum absolute atomic E-state index is 0.195. The Morgan fingerprint density at radius 1 is 0.920 bits per heavy atom. The van der Waals surface area contributed by atoms with Gasteiger partial charge in [-0.1, -0.05) is 36.4 Å². The SMILES string of the molecule is O=C(NN=C1CCCc2ccccc21)c1ccccc1-n1cccc1. The monoisotopic (exact) mass is 329 g/mol. The summed E-state index contributed by atoms with van der Waals surface area (Å²) in [5.74, 6) is -0.195. The summed E-state index contributed by atoms with van der Waals surface area (Å²) in [6, 6.07) is 19.7. The van der Waals surface area contributed by atoms with E-state index in [0.29, 0.717) is 5.56 Å². The van der Waals surface area contributed by atoms with Crippen LogP contribution in [0.4, 0.5) is 0 Å². The molecule has 1 amide bonds. The zero-order valence-corrected chi connectivity index (χ0v) is 13.9. The summed E-state index contributed by atoms with van der Waals surface area (Å²) < 4.78 is 1.93. The number of nitrogens with one attached hydrogen (secondary N) is 1. The smallest absolute Gasteiger partial charge is 0.273 e. The lowest BCUT2D eigenvalue weighted by Crippen LogP contribution is -2.23. The lowest BCUT2D eigenvalue weighted by Gasteiger charge is -2.17. The van der Waals surface area contributed by atoms with Crippen molar-refractivity contribution in [2.75, 3.05) is 0 Å². The van der Waals surface area contributed by atoms with Crippen LogP contribution < -0.4 is 5.43 Å². The average molecular weight is 329 g/mol. The van der Waals surface area contributed by atoms with Gasteiger partial charge in [0.2, 0.25) is 0 Å². The molecule has 4 rings (SSSR count). The van der Waals surface area contributed by atoms with Crippen molar-refractivity contribution in [2.24, 2.45) is 5.10 Å². The summed E-state index contributed by atoms with van der Waals surface area (Å²) in [6.07, 6.45) is 6.87. The fraction of sp³-hybridized carbons (Fsp3) is 0.143. The van der Waals surface area contributed by atoms with Crippen LogP contribution in [0.2, 0.25) is 0 Å². The summed E-state index contributed by atoms with van der Waals surface area (Å²) in [6.45, 7) is 0. The molecule has 0 unspecified atom stereocenters. The number of aromatic nitrogens is 1. The van der Waals surface area contributed by atoms with Crippen LogP contribution in [-0.2, 0) is 6.42 Å². The number of benzene rings is 2. The van der Waals surface area contributed by atoms with Gasteiger partial charge in [-0.05, 0) is 49.1 Å². The molecule has 0 saturated heterocycles. The zero-order chi connectivity index (χ0) is 17.1. The van der Waals surface area contributed by atoms with E-state index >= 15 is 0 Å². The first-order valence-corrected chi connectivity index (χ1v) is 8.50. The molecule has 1 aliphatic rings. The van der Waals surface area contributed by atoms with E-state index in [1.54, 1.807) is 0 Å². The molecule has 0 radical (unpaired) electrons. The number of hydrazone groups is 1. The second kappa shape index (κ2) is 6.77. The molecular formula is C21H19N3O. The number of amides is 1. The summed E-state index contributed by atoms with van der Waals surface area (Å²) in [5.41, 5.74) is 7.59. The van der Waals surface area contributed by atoms with Crippen LogP contribution >= 0.6 is 0 Å². The number of carbonyl (C=O) groups excluding carboxylic acids is 1. The highest BCUT2D eigenvalue weighted by Crippen LogP contribution is 2.21. The molecule has 124 valence electrons. The Bertz CT molecular complexity index is 926. The molecule has 0 bridgehead atoms. The quantitative estimate of drug-likeness (QED) is 0.727. The van der Waals surface area contributed by atoms with Gasteiger partial charge >= 0.3 is 0 Å². The molecule has 3 aromatic rings. The molecule has 1 heterocycles. The van der Waals surface area contributed by atoms with Crippen LogP contribution in [0, 0.1) is 0 Å². The van der Waals surface area contributed by atoms with Crippen LogP contribution in [0.3, 0.4) is 0 Å². The van der Waals surface area contributed by atoms with Gasteiger partial charge in [0.1, 0.15) is 0 Å². The van der Waals surface area contributed by atoms with Crippen LogP contribution in [-0.4, -0.2) is 16.2 Å². The predicted octanol–water partition coefficient (Wildman–Crippen LogP) is 3.95. The van der Waals surface area contributed by atoms with Gasteiger partial charge in [0, 0.05) is 18.0 Å². The molecule has 0 atom stereocenters. The summed E-state index contributed by atoms with van der Waals surface area (Å²) in [7, 11) is 0. The van der Waals surface area contributed by atoms with E-state index in [4.69, 9.17) is 0 Å². The van der Waals surface area contributed by atoms with Gasteiger partial charge in [0.25, 0.3) is 5.91 Å². The van der Waals surface area contributed by atoms with Crippen molar-refractivity contribution < 1.29 is 4.79 Å². The van der Waals surface area contributed by atoms with Crippen molar-refractivity contribution in [3.05, 3.63) is 89.7 Å². The largest absolute Gasteiger partial charge is 0.323 e. The lowest BCUT2D eigenvalue weighted by atomic mass is 9.90. The third-order valence-corrected chi connectivity index (χ3v) is 4.51. The second-order valence-corrected chi connectivity index (χ2v) is 6.12. The number of aryl methyl sites for hydroxylation is 1. The molecule has 2 aromatic carbocycles. The van der Waals surface area contributed by atoms with Crippen molar-refractivity contribution >= 4 is 11.6 Å². The molecule has 4 heteroatoms. The Morgan fingerprint density at radius 2 is 1.68 bits per heavy atom. The summed E-state index contributed by atoms with van der Waals surface area (Å²) >= 11 is 0. The number of fused-ring (bicyclic) bond motifs is 1. The molecule has 1 aromatic heterocycles. The molecule has 1 N–H and O–H groups in total. The van der Waals surface area contributed by atoms with E-state index in [1.165, 1.54) is 5.56 Å². The number of para-hydroxylation sites is 1. The van der Waals surface area contributed by atoms with Crippen molar-refractivity contribution in [3.63, 3.8) is 0 Å². The minimum Gasteiger partial charge on any atom is -0.323 e. The third kappa shape index (κ3) is 3.11. The maximum atomic E-state index is 12.7. The van der Waals surface area contributed by atoms with Gasteiger partial charge in [0.15, 0.2) is 0 Å². The molecule has 0 spiro atoms. The van der Waals surface area contributed by atoms with E-state index in [1.807, 2.05) is 65.5 Å². The summed E-state index contributed by atoms with van der Waals surface area (Å²) in [5, 5.41) is 4.43. The topological polar surface area (TPSA) is 46.4 Å². The fourth-order valence-corrected chi connectivity index (χ4v) is 3.28. The fourth-order valence-electron chi connectivity index (χ4n) is 3.28. The highest BCUT2D eigenvalue weighted by molar-refractivity contribution is 6.04. The summed E-state index contributed by atoms with van der Waals surface area (Å²) in [4.78, 5) is 12.7. The standard InChI is InChI=1S/C21H19N3O/c25-21(18-11-3-4-13-20(18)24-14-5-6-15-24)23-22-19-12-7-9-16-8-1-2-10-17(16)19/h1-6,8,10-11,13-15H,7,9,12H2,(H,23,25). The van der Waals surface area contributed by atoms with Crippen LogP contribution in [0.25, 0.3) is 5.69 Å². The third-order valence-electron chi connectivity index (χ3n) is 4.51. The van der Waals surface area contributed by atoms with E-state index < -0.39 is 0 Å². The van der Waals surface area contributed by atoms with Gasteiger partial charge < -0.3 is 4.57 Å². The van der Waals surface area contributed by atoms with Crippen molar-refractivity contribution in [1.82, 2.24) is 9.99 Å². The Kier molecular flexibility index (Phi) is 4.17. The highest BCUT2D eigenvalue weighted by Gasteiger charge is 2.16. The maximum Gasteiger partial charge on any atom is 0.273 e. The Morgan fingerprint density at radius 3 is 2.56 bits per heavy atom. The van der Waals surface area contributed by atoms with Crippen molar-refractivity contribution in [3.8, 4) is 5.69 Å². The number of nitrogens with zero attached hydrogens (tertiary/aromatic N) is 2. The Balaban J connectivity index is 1.60. The predicted molar refractivity (Wildman–Crippen MR) is 99.2 cm³/mol. The molecule has 0 fully saturated rings. The van der Waals surface area contributed by atoms with Gasteiger partial charge in [-0.15, -0.1) is 0 Å². The minimum atomic E-state index is -0.195. The number of hydrogen-bond acceptors (Lipinski definition) is 2. The normalized spacial score (nSPS) is 15.0. The molecule has 1 aliphatic carbocycles. The van der Waals surface area contributed by atoms with Gasteiger partial charge in [-0.2, -0.15) is 5.10 Å². The van der Waals surface area contributed by atoms with Crippen LogP contribution in [0.1, 0.15) is 34.3 Å². The van der Waals surface area contributed by atoms with E-state index in [0.717, 1.165) is 36.2 Å².